The van der Waals surface area contributed by atoms with E-state index in [1.54, 1.807) is 0 Å². The molecule has 2 rings (SSSR count). The van der Waals surface area contributed by atoms with Gasteiger partial charge in [-0.3, -0.25) is 0 Å². The summed E-state index contributed by atoms with van der Waals surface area (Å²) in [4.78, 5) is 5.09. The third kappa shape index (κ3) is 4.80. The summed E-state index contributed by atoms with van der Waals surface area (Å²) in [5.74, 6) is 0. The Kier molecular flexibility index (Phi) is 6.68. The number of hydrogen-bond acceptors (Lipinski definition) is 3. The zero-order valence-electron chi connectivity index (χ0n) is 13.9. The fourth-order valence-corrected chi connectivity index (χ4v) is 3.21. The molecule has 0 aromatic heterocycles. The molecule has 1 aromatic carbocycles. The summed E-state index contributed by atoms with van der Waals surface area (Å²) in [5, 5.41) is 3.65. The van der Waals surface area contributed by atoms with E-state index in [0.717, 1.165) is 13.1 Å². The number of rotatable bonds is 8. The molecule has 21 heavy (non-hydrogen) atoms. The van der Waals surface area contributed by atoms with Crippen LogP contribution in [0.15, 0.2) is 30.3 Å². The van der Waals surface area contributed by atoms with Crippen LogP contribution in [0.2, 0.25) is 0 Å². The van der Waals surface area contributed by atoms with Crippen molar-refractivity contribution in [2.75, 3.05) is 39.8 Å². The van der Waals surface area contributed by atoms with Gasteiger partial charge in [-0.25, -0.2) is 0 Å². The van der Waals surface area contributed by atoms with Crippen molar-refractivity contribution in [1.29, 1.82) is 0 Å². The Balaban J connectivity index is 1.91. The molecule has 1 aromatic rings. The van der Waals surface area contributed by atoms with Gasteiger partial charge in [0.1, 0.15) is 0 Å². The monoisotopic (exact) mass is 289 g/mol. The largest absolute Gasteiger partial charge is 0.309 e. The molecule has 1 aliphatic rings. The molecule has 0 saturated carbocycles. The van der Waals surface area contributed by atoms with E-state index < -0.39 is 0 Å². The van der Waals surface area contributed by atoms with Gasteiger partial charge >= 0.3 is 0 Å². The van der Waals surface area contributed by atoms with Crippen LogP contribution in [0.1, 0.15) is 38.3 Å². The fraction of sp³-hybridized carbons (Fsp3) is 0.667. The van der Waals surface area contributed by atoms with E-state index in [0.29, 0.717) is 12.1 Å². The summed E-state index contributed by atoms with van der Waals surface area (Å²) >= 11 is 0. The lowest BCUT2D eigenvalue weighted by Gasteiger charge is -2.33. The molecule has 1 fully saturated rings. The van der Waals surface area contributed by atoms with Crippen LogP contribution in [0.25, 0.3) is 0 Å². The van der Waals surface area contributed by atoms with Crippen LogP contribution in [-0.2, 0) is 0 Å². The van der Waals surface area contributed by atoms with Crippen LogP contribution in [-0.4, -0.2) is 55.6 Å². The minimum absolute atomic E-state index is 0.403. The van der Waals surface area contributed by atoms with Crippen molar-refractivity contribution in [2.24, 2.45) is 0 Å². The normalized spacial score (nSPS) is 19.0. The number of nitrogens with one attached hydrogen (secondary N) is 1. The Morgan fingerprint density at radius 2 is 1.86 bits per heavy atom. The molecular weight excluding hydrogens is 258 g/mol. The Hall–Kier alpha value is -0.900. The van der Waals surface area contributed by atoms with Crippen LogP contribution in [0.4, 0.5) is 0 Å². The molecular formula is C18H31N3. The first-order chi connectivity index (χ1) is 10.2. The van der Waals surface area contributed by atoms with E-state index in [4.69, 9.17) is 0 Å². The maximum absolute atomic E-state index is 3.65. The van der Waals surface area contributed by atoms with Gasteiger partial charge in [0.05, 0.1) is 0 Å². The highest BCUT2D eigenvalue weighted by molar-refractivity contribution is 5.20. The quantitative estimate of drug-likeness (QED) is 0.794. The molecule has 2 atom stereocenters. The Morgan fingerprint density at radius 3 is 2.48 bits per heavy atom. The highest BCUT2D eigenvalue weighted by Gasteiger charge is 2.22. The Labute approximate surface area is 130 Å². The molecule has 0 amide bonds. The van der Waals surface area contributed by atoms with Crippen LogP contribution >= 0.6 is 0 Å². The first-order valence-corrected chi connectivity index (χ1v) is 8.43. The van der Waals surface area contributed by atoms with Crippen molar-refractivity contribution >= 4 is 0 Å². The smallest absolute Gasteiger partial charge is 0.0475 e. The maximum atomic E-state index is 3.65. The van der Waals surface area contributed by atoms with E-state index >= 15 is 0 Å². The van der Waals surface area contributed by atoms with Gasteiger partial charge in [0.25, 0.3) is 0 Å². The van der Waals surface area contributed by atoms with E-state index in [1.165, 1.54) is 38.0 Å². The second-order valence-electron chi connectivity index (χ2n) is 6.22. The number of likely N-dealkylation sites (N-methyl/N-ethyl adjacent to an activating group) is 2. The van der Waals surface area contributed by atoms with Gasteiger partial charge in [-0.1, -0.05) is 37.3 Å². The summed E-state index contributed by atoms with van der Waals surface area (Å²) in [6.07, 6.45) is 2.76. The van der Waals surface area contributed by atoms with Crippen LogP contribution in [0.3, 0.4) is 0 Å². The Bertz CT molecular complexity index is 387. The predicted molar refractivity (Wildman–Crippen MR) is 90.6 cm³/mol. The summed E-state index contributed by atoms with van der Waals surface area (Å²) < 4.78 is 0. The highest BCUT2D eigenvalue weighted by Crippen LogP contribution is 2.20. The average molecular weight is 289 g/mol. The summed E-state index contributed by atoms with van der Waals surface area (Å²) in [6.45, 7) is 10.5. The van der Waals surface area contributed by atoms with Crippen molar-refractivity contribution in [1.82, 2.24) is 15.1 Å². The molecule has 1 N–H and O–H groups in total. The molecule has 0 radical (unpaired) electrons. The zero-order valence-corrected chi connectivity index (χ0v) is 13.9. The lowest BCUT2D eigenvalue weighted by Crippen LogP contribution is -2.43. The minimum atomic E-state index is 0.403. The van der Waals surface area contributed by atoms with Gasteiger partial charge in [0.15, 0.2) is 0 Å². The fourth-order valence-electron chi connectivity index (χ4n) is 3.21. The minimum Gasteiger partial charge on any atom is -0.309 e. The topological polar surface area (TPSA) is 18.5 Å². The molecule has 1 aliphatic heterocycles. The predicted octanol–water partition coefficient (Wildman–Crippen LogP) is 2.75. The first-order valence-electron chi connectivity index (χ1n) is 8.43. The van der Waals surface area contributed by atoms with Gasteiger partial charge in [0, 0.05) is 25.2 Å². The molecule has 0 aliphatic carbocycles. The molecule has 0 bridgehead atoms. The van der Waals surface area contributed by atoms with Gasteiger partial charge in [-0.15, -0.1) is 0 Å². The summed E-state index contributed by atoms with van der Waals surface area (Å²) in [7, 11) is 2.26. The van der Waals surface area contributed by atoms with Crippen molar-refractivity contribution in [3.63, 3.8) is 0 Å². The van der Waals surface area contributed by atoms with Gasteiger partial charge in [-0.05, 0) is 52.0 Å². The Morgan fingerprint density at radius 1 is 1.19 bits per heavy atom. The third-order valence-corrected chi connectivity index (χ3v) is 4.73. The SMILES string of the molecule is CCNC(c1ccccc1)C(C)N(C)CCN1CCCC1. The van der Waals surface area contributed by atoms with E-state index in [1.807, 2.05) is 0 Å². The molecule has 3 nitrogen and oxygen atoms in total. The lowest BCUT2D eigenvalue weighted by atomic mass is 9.99. The van der Waals surface area contributed by atoms with Crippen molar-refractivity contribution in [3.8, 4) is 0 Å². The second kappa shape index (κ2) is 8.52. The maximum Gasteiger partial charge on any atom is 0.0475 e. The van der Waals surface area contributed by atoms with Crippen molar-refractivity contribution in [2.45, 2.75) is 38.8 Å². The standard InChI is InChI=1S/C18H31N3/c1-4-19-18(17-10-6-5-7-11-17)16(2)20(3)14-15-21-12-8-9-13-21/h5-7,10-11,16,18-19H,4,8-9,12-15H2,1-3H3. The van der Waals surface area contributed by atoms with Crippen LogP contribution in [0, 0.1) is 0 Å². The second-order valence-corrected chi connectivity index (χ2v) is 6.22. The number of nitrogens with zero attached hydrogens (tertiary/aromatic N) is 2. The van der Waals surface area contributed by atoms with Gasteiger partial charge in [-0.2, -0.15) is 0 Å². The first kappa shape index (κ1) is 16.5. The average Bonchev–Trinajstić information content (AvgIpc) is 3.04. The van der Waals surface area contributed by atoms with Crippen LogP contribution in [0.5, 0.6) is 0 Å². The third-order valence-electron chi connectivity index (χ3n) is 4.73. The van der Waals surface area contributed by atoms with Crippen LogP contribution < -0.4 is 5.32 Å². The van der Waals surface area contributed by atoms with Gasteiger partial charge < -0.3 is 15.1 Å². The molecule has 2 unspecified atom stereocenters. The summed E-state index contributed by atoms with van der Waals surface area (Å²) in [6, 6.07) is 11.7. The van der Waals surface area contributed by atoms with Crippen molar-refractivity contribution < 1.29 is 0 Å². The van der Waals surface area contributed by atoms with E-state index in [2.05, 4.69) is 66.3 Å². The number of hydrogen-bond donors (Lipinski definition) is 1. The van der Waals surface area contributed by atoms with E-state index in [9.17, 15) is 0 Å². The molecule has 1 saturated heterocycles. The molecule has 3 heteroatoms. The molecule has 0 spiro atoms. The van der Waals surface area contributed by atoms with Crippen molar-refractivity contribution in [3.05, 3.63) is 35.9 Å². The van der Waals surface area contributed by atoms with E-state index in [-0.39, 0.29) is 0 Å². The highest BCUT2D eigenvalue weighted by atomic mass is 15.2. The molecule has 118 valence electrons. The summed E-state index contributed by atoms with van der Waals surface area (Å²) in [5.41, 5.74) is 1.39. The number of likely N-dealkylation sites (tertiary alicyclic amines) is 1. The molecule has 1 heterocycles. The zero-order chi connectivity index (χ0) is 15.1. The van der Waals surface area contributed by atoms with Gasteiger partial charge in [0.2, 0.25) is 0 Å². The lowest BCUT2D eigenvalue weighted by molar-refractivity contribution is 0.182. The number of benzene rings is 1.